The first-order chi connectivity index (χ1) is 7.56. The van der Waals surface area contributed by atoms with Crippen LogP contribution >= 0.6 is 0 Å². The molecular weight excluding hydrogens is 255 g/mol. The summed E-state index contributed by atoms with van der Waals surface area (Å²) in [7, 11) is -3.39. The summed E-state index contributed by atoms with van der Waals surface area (Å²) in [6, 6.07) is -0.732. The summed E-state index contributed by atoms with van der Waals surface area (Å²) >= 11 is 0. The van der Waals surface area contributed by atoms with Crippen LogP contribution in [0.25, 0.3) is 0 Å². The van der Waals surface area contributed by atoms with Gasteiger partial charge in [-0.2, -0.15) is 13.2 Å². The van der Waals surface area contributed by atoms with E-state index in [1.165, 1.54) is 20.8 Å². The molecule has 0 saturated heterocycles. The molecule has 100 valence electrons. The summed E-state index contributed by atoms with van der Waals surface area (Å²) in [5, 5.41) is 0.841. The van der Waals surface area contributed by atoms with Crippen molar-refractivity contribution < 1.29 is 21.6 Å². The Kier molecular flexibility index (Phi) is 3.81. The minimum atomic E-state index is -4.44. The van der Waals surface area contributed by atoms with Gasteiger partial charge < -0.3 is 5.32 Å². The van der Waals surface area contributed by atoms with Gasteiger partial charge in [-0.1, -0.05) is 6.08 Å². The van der Waals surface area contributed by atoms with Crippen LogP contribution in [0.4, 0.5) is 13.2 Å². The van der Waals surface area contributed by atoms with Gasteiger partial charge in [0.2, 0.25) is 0 Å². The maximum atomic E-state index is 12.4. The molecule has 0 aromatic carbocycles. The monoisotopic (exact) mass is 271 g/mol. The SMILES string of the molecule is CC1NC(C(F)(F)F)=CCC1S(=O)(=O)C(C)C. The molecule has 1 aliphatic rings. The second-order valence-corrected chi connectivity index (χ2v) is 7.19. The molecule has 2 unspecified atom stereocenters. The van der Waals surface area contributed by atoms with Gasteiger partial charge in [0, 0.05) is 6.04 Å². The number of halogens is 3. The van der Waals surface area contributed by atoms with Crippen LogP contribution in [0.5, 0.6) is 0 Å². The van der Waals surface area contributed by atoms with Crippen molar-refractivity contribution in [1.29, 1.82) is 0 Å². The van der Waals surface area contributed by atoms with Crippen LogP contribution in [-0.2, 0) is 9.84 Å². The third-order valence-corrected chi connectivity index (χ3v) is 5.64. The van der Waals surface area contributed by atoms with Crippen LogP contribution in [0, 0.1) is 0 Å². The van der Waals surface area contributed by atoms with Gasteiger partial charge in [0.15, 0.2) is 9.84 Å². The molecule has 17 heavy (non-hydrogen) atoms. The van der Waals surface area contributed by atoms with E-state index in [9.17, 15) is 21.6 Å². The number of hydrogen-bond donors (Lipinski definition) is 1. The van der Waals surface area contributed by atoms with Gasteiger partial charge in [0.05, 0.1) is 10.5 Å². The number of hydrogen-bond acceptors (Lipinski definition) is 3. The van der Waals surface area contributed by atoms with Crippen LogP contribution in [0.2, 0.25) is 0 Å². The lowest BCUT2D eigenvalue weighted by Crippen LogP contribution is -2.48. The molecule has 1 aliphatic heterocycles. The highest BCUT2D eigenvalue weighted by atomic mass is 32.2. The Hall–Kier alpha value is -0.720. The van der Waals surface area contributed by atoms with Gasteiger partial charge in [-0.3, -0.25) is 0 Å². The highest BCUT2D eigenvalue weighted by Gasteiger charge is 2.41. The van der Waals surface area contributed by atoms with Gasteiger partial charge in [-0.25, -0.2) is 8.42 Å². The fraction of sp³-hybridized carbons (Fsp3) is 0.800. The molecule has 0 radical (unpaired) electrons. The summed E-state index contributed by atoms with van der Waals surface area (Å²) in [6.45, 7) is 4.53. The summed E-state index contributed by atoms with van der Waals surface area (Å²) in [5.41, 5.74) is -0.847. The Labute approximate surface area is 99.0 Å². The Bertz CT molecular complexity index is 412. The number of alkyl halides is 3. The van der Waals surface area contributed by atoms with Crippen molar-refractivity contribution in [2.24, 2.45) is 0 Å². The van der Waals surface area contributed by atoms with Gasteiger partial charge in [0.1, 0.15) is 5.70 Å². The molecule has 1 heterocycles. The van der Waals surface area contributed by atoms with Crippen LogP contribution in [0.3, 0.4) is 0 Å². The molecule has 0 aromatic heterocycles. The summed E-state index contributed by atoms with van der Waals surface area (Å²) in [6.07, 6.45) is -3.62. The van der Waals surface area contributed by atoms with Crippen molar-refractivity contribution in [1.82, 2.24) is 5.32 Å². The van der Waals surface area contributed by atoms with Crippen molar-refractivity contribution in [3.8, 4) is 0 Å². The Morgan fingerprint density at radius 2 is 1.94 bits per heavy atom. The van der Waals surface area contributed by atoms with Crippen molar-refractivity contribution in [3.63, 3.8) is 0 Å². The van der Waals surface area contributed by atoms with E-state index < -0.39 is 38.3 Å². The maximum absolute atomic E-state index is 12.4. The molecule has 1 N–H and O–H groups in total. The lowest BCUT2D eigenvalue weighted by Gasteiger charge is -2.32. The van der Waals surface area contributed by atoms with E-state index in [4.69, 9.17) is 0 Å². The average molecular weight is 271 g/mol. The highest BCUT2D eigenvalue weighted by Crippen LogP contribution is 2.30. The first-order valence-electron chi connectivity index (χ1n) is 5.33. The molecule has 2 atom stereocenters. The predicted octanol–water partition coefficient (Wildman–Crippen LogP) is 2.01. The standard InChI is InChI=1S/C10H16F3NO2S/c1-6(2)17(15,16)8-4-5-9(10(11,12)13)14-7(8)3/h5-8,14H,4H2,1-3H3. The minimum absolute atomic E-state index is 0.0937. The zero-order valence-corrected chi connectivity index (χ0v) is 10.7. The second kappa shape index (κ2) is 4.51. The van der Waals surface area contributed by atoms with Crippen LogP contribution < -0.4 is 5.32 Å². The fourth-order valence-corrected chi connectivity index (χ4v) is 3.50. The highest BCUT2D eigenvalue weighted by molar-refractivity contribution is 7.92. The topological polar surface area (TPSA) is 46.2 Å². The third-order valence-electron chi connectivity index (χ3n) is 2.88. The van der Waals surface area contributed by atoms with E-state index >= 15 is 0 Å². The lowest BCUT2D eigenvalue weighted by atomic mass is 10.1. The molecule has 0 saturated carbocycles. The molecule has 0 bridgehead atoms. The zero-order valence-electron chi connectivity index (χ0n) is 9.88. The van der Waals surface area contributed by atoms with E-state index in [1.807, 2.05) is 0 Å². The molecular formula is C10H16F3NO2S. The third kappa shape index (κ3) is 2.94. The van der Waals surface area contributed by atoms with E-state index in [-0.39, 0.29) is 6.42 Å². The van der Waals surface area contributed by atoms with Gasteiger partial charge in [0.25, 0.3) is 0 Å². The van der Waals surface area contributed by atoms with E-state index in [2.05, 4.69) is 5.32 Å². The average Bonchev–Trinajstić information content (AvgIpc) is 2.15. The van der Waals surface area contributed by atoms with Crippen molar-refractivity contribution in [3.05, 3.63) is 11.8 Å². The zero-order chi connectivity index (χ0) is 13.4. The fourth-order valence-electron chi connectivity index (χ4n) is 1.80. The normalized spacial score (nSPS) is 26.6. The van der Waals surface area contributed by atoms with Crippen molar-refractivity contribution in [2.75, 3.05) is 0 Å². The number of nitrogens with one attached hydrogen (secondary N) is 1. The van der Waals surface area contributed by atoms with Crippen LogP contribution in [0.1, 0.15) is 27.2 Å². The second-order valence-electron chi connectivity index (χ2n) is 4.46. The summed E-state index contributed by atoms with van der Waals surface area (Å²) in [5.74, 6) is 0. The molecule has 7 heteroatoms. The molecule has 0 aliphatic carbocycles. The number of rotatable bonds is 2. The van der Waals surface area contributed by atoms with E-state index in [1.54, 1.807) is 0 Å². The van der Waals surface area contributed by atoms with Gasteiger partial charge >= 0.3 is 6.18 Å². The first kappa shape index (κ1) is 14.3. The van der Waals surface area contributed by atoms with Gasteiger partial charge in [-0.15, -0.1) is 0 Å². The van der Waals surface area contributed by atoms with Crippen LogP contribution in [-0.4, -0.2) is 31.1 Å². The number of sulfone groups is 1. The minimum Gasteiger partial charge on any atom is -0.378 e. The van der Waals surface area contributed by atoms with Gasteiger partial charge in [-0.05, 0) is 27.2 Å². The molecule has 0 fully saturated rings. The van der Waals surface area contributed by atoms with E-state index in [0.29, 0.717) is 0 Å². The Balaban J connectivity index is 2.96. The van der Waals surface area contributed by atoms with Crippen molar-refractivity contribution >= 4 is 9.84 Å². The summed E-state index contributed by atoms with van der Waals surface area (Å²) in [4.78, 5) is 0. The Morgan fingerprint density at radius 3 is 2.29 bits per heavy atom. The van der Waals surface area contributed by atoms with Crippen molar-refractivity contribution in [2.45, 2.75) is 49.9 Å². The largest absolute Gasteiger partial charge is 0.430 e. The molecule has 0 amide bonds. The molecule has 3 nitrogen and oxygen atoms in total. The van der Waals surface area contributed by atoms with Crippen LogP contribution in [0.15, 0.2) is 11.8 Å². The quantitative estimate of drug-likeness (QED) is 0.835. The maximum Gasteiger partial charge on any atom is 0.430 e. The molecule has 0 spiro atoms. The Morgan fingerprint density at radius 1 is 1.41 bits per heavy atom. The number of allylic oxidation sites excluding steroid dienone is 2. The molecule has 0 aromatic rings. The summed E-state index contributed by atoms with van der Waals surface area (Å²) < 4.78 is 61.1. The van der Waals surface area contributed by atoms with E-state index in [0.717, 1.165) is 6.08 Å². The lowest BCUT2D eigenvalue weighted by molar-refractivity contribution is -0.0987. The molecule has 1 rings (SSSR count). The first-order valence-corrected chi connectivity index (χ1v) is 6.94. The predicted molar refractivity (Wildman–Crippen MR) is 59.2 cm³/mol. The smallest absolute Gasteiger partial charge is 0.378 e.